The molecule has 1 atom stereocenters. The van der Waals surface area contributed by atoms with E-state index in [0.29, 0.717) is 17.9 Å². The van der Waals surface area contributed by atoms with Crippen molar-refractivity contribution in [2.24, 2.45) is 0 Å². The van der Waals surface area contributed by atoms with Gasteiger partial charge in [0.1, 0.15) is 11.6 Å². The van der Waals surface area contributed by atoms with E-state index in [1.54, 1.807) is 13.0 Å². The zero-order valence-electron chi connectivity index (χ0n) is 14.5. The van der Waals surface area contributed by atoms with E-state index in [2.05, 4.69) is 10.0 Å². The molecule has 0 radical (unpaired) electrons. The molecule has 0 spiro atoms. The second-order valence-electron chi connectivity index (χ2n) is 5.75. The Morgan fingerprint density at radius 1 is 1.19 bits per heavy atom. The molecule has 26 heavy (non-hydrogen) atoms. The van der Waals surface area contributed by atoms with Gasteiger partial charge >= 0.3 is 0 Å². The highest BCUT2D eigenvalue weighted by atomic mass is 32.2. The molecule has 0 bridgehead atoms. The van der Waals surface area contributed by atoms with Gasteiger partial charge in [-0.1, -0.05) is 13.0 Å². The van der Waals surface area contributed by atoms with Crippen molar-refractivity contribution in [3.05, 3.63) is 54.3 Å². The predicted molar refractivity (Wildman–Crippen MR) is 97.0 cm³/mol. The number of hydrogen-bond acceptors (Lipinski definition) is 4. The van der Waals surface area contributed by atoms with Gasteiger partial charge in [-0.05, 0) is 55.8 Å². The van der Waals surface area contributed by atoms with E-state index in [9.17, 15) is 17.6 Å². The minimum atomic E-state index is -3.58. The van der Waals surface area contributed by atoms with Crippen LogP contribution in [0, 0.1) is 5.82 Å². The lowest BCUT2D eigenvalue weighted by Gasteiger charge is -2.12. The monoisotopic (exact) mass is 380 g/mol. The van der Waals surface area contributed by atoms with Crippen LogP contribution in [-0.4, -0.2) is 27.0 Å². The van der Waals surface area contributed by atoms with Crippen LogP contribution >= 0.6 is 0 Å². The van der Waals surface area contributed by atoms with Gasteiger partial charge in [0, 0.05) is 11.7 Å². The number of carbonyl (C=O) groups excluding carboxylic acids is 1. The smallest absolute Gasteiger partial charge is 0.262 e. The van der Waals surface area contributed by atoms with Gasteiger partial charge in [0.05, 0.1) is 4.90 Å². The number of ether oxygens (including phenoxy) is 1. The van der Waals surface area contributed by atoms with E-state index in [4.69, 9.17) is 4.74 Å². The van der Waals surface area contributed by atoms with Crippen LogP contribution in [0.4, 0.5) is 10.1 Å². The third-order valence-corrected chi connectivity index (χ3v) is 5.19. The fourth-order valence-electron chi connectivity index (χ4n) is 2.04. The topological polar surface area (TPSA) is 84.5 Å². The molecular formula is C18H21FN2O4S. The van der Waals surface area contributed by atoms with E-state index in [-0.39, 0.29) is 17.5 Å². The number of hydrogen-bond donors (Lipinski definition) is 2. The van der Waals surface area contributed by atoms with Crippen LogP contribution < -0.4 is 14.8 Å². The summed E-state index contributed by atoms with van der Waals surface area (Å²) in [4.78, 5) is 11.9. The fraction of sp³-hybridized carbons (Fsp3) is 0.278. The normalized spacial score (nSPS) is 12.4. The molecule has 0 saturated heterocycles. The number of carbonyl (C=O) groups is 1. The molecule has 0 aliphatic rings. The third kappa shape index (κ3) is 5.82. The number of benzene rings is 2. The van der Waals surface area contributed by atoms with Gasteiger partial charge in [0.25, 0.3) is 5.91 Å². The molecule has 140 valence electrons. The average molecular weight is 380 g/mol. The quantitative estimate of drug-likeness (QED) is 0.737. The standard InChI is InChI=1S/C18H21FN2O4S/c1-3-13(2)21-26(23,24)17-9-7-16(8-10-17)25-12-18(22)20-15-6-4-5-14(19)11-15/h4-11,13,21H,3,12H2,1-2H3,(H,20,22)/t13-/m0/s1. The van der Waals surface area contributed by atoms with Crippen molar-refractivity contribution in [3.63, 3.8) is 0 Å². The summed E-state index contributed by atoms with van der Waals surface area (Å²) in [7, 11) is -3.58. The molecule has 8 heteroatoms. The molecule has 0 aliphatic carbocycles. The maximum absolute atomic E-state index is 13.1. The van der Waals surface area contributed by atoms with E-state index in [0.717, 1.165) is 0 Å². The highest BCUT2D eigenvalue weighted by molar-refractivity contribution is 7.89. The first-order valence-corrected chi connectivity index (χ1v) is 9.59. The summed E-state index contributed by atoms with van der Waals surface area (Å²) >= 11 is 0. The van der Waals surface area contributed by atoms with Crippen LogP contribution in [0.25, 0.3) is 0 Å². The van der Waals surface area contributed by atoms with E-state index in [1.807, 2.05) is 6.92 Å². The number of rotatable bonds is 8. The summed E-state index contributed by atoms with van der Waals surface area (Å²) in [6.07, 6.45) is 0.681. The Morgan fingerprint density at radius 3 is 2.50 bits per heavy atom. The summed E-state index contributed by atoms with van der Waals surface area (Å²) in [5.74, 6) is -0.556. The Labute approximate surface area is 152 Å². The molecule has 6 nitrogen and oxygen atoms in total. The van der Waals surface area contributed by atoms with Gasteiger partial charge in [0.2, 0.25) is 10.0 Å². The summed E-state index contributed by atoms with van der Waals surface area (Å²) in [5, 5.41) is 2.51. The average Bonchev–Trinajstić information content (AvgIpc) is 2.60. The lowest BCUT2D eigenvalue weighted by Crippen LogP contribution is -2.31. The van der Waals surface area contributed by atoms with Gasteiger partial charge in [-0.25, -0.2) is 17.5 Å². The van der Waals surface area contributed by atoms with Crippen LogP contribution in [0.15, 0.2) is 53.4 Å². The molecule has 2 aromatic rings. The van der Waals surface area contributed by atoms with Gasteiger partial charge in [-0.2, -0.15) is 0 Å². The molecular weight excluding hydrogens is 359 g/mol. The lowest BCUT2D eigenvalue weighted by atomic mass is 10.3. The Bertz CT molecular complexity index is 854. The molecule has 2 N–H and O–H groups in total. The maximum atomic E-state index is 13.1. The Kier molecular flexibility index (Phi) is 6.70. The number of anilines is 1. The second-order valence-corrected chi connectivity index (χ2v) is 7.46. The first kappa shape index (κ1) is 19.9. The first-order chi connectivity index (χ1) is 12.3. The van der Waals surface area contributed by atoms with Crippen LogP contribution in [0.2, 0.25) is 0 Å². The molecule has 2 rings (SSSR count). The van der Waals surface area contributed by atoms with Gasteiger partial charge in [-0.3, -0.25) is 4.79 Å². The molecule has 0 saturated carbocycles. The van der Waals surface area contributed by atoms with E-state index in [1.165, 1.54) is 42.5 Å². The molecule has 0 aliphatic heterocycles. The van der Waals surface area contributed by atoms with Crippen molar-refractivity contribution in [1.82, 2.24) is 4.72 Å². The van der Waals surface area contributed by atoms with Crippen molar-refractivity contribution in [3.8, 4) is 5.75 Å². The molecule has 0 aromatic heterocycles. The predicted octanol–water partition coefficient (Wildman–Crippen LogP) is 2.92. The second kappa shape index (κ2) is 8.77. The zero-order chi connectivity index (χ0) is 19.2. The lowest BCUT2D eigenvalue weighted by molar-refractivity contribution is -0.118. The van der Waals surface area contributed by atoms with E-state index >= 15 is 0 Å². The van der Waals surface area contributed by atoms with Crippen molar-refractivity contribution in [2.75, 3.05) is 11.9 Å². The maximum Gasteiger partial charge on any atom is 0.262 e. The van der Waals surface area contributed by atoms with Crippen LogP contribution in [0.3, 0.4) is 0 Å². The largest absolute Gasteiger partial charge is 0.484 e. The van der Waals surface area contributed by atoms with Crippen molar-refractivity contribution in [2.45, 2.75) is 31.2 Å². The summed E-state index contributed by atoms with van der Waals surface area (Å²) in [6, 6.07) is 11.1. The summed E-state index contributed by atoms with van der Waals surface area (Å²) in [5.41, 5.74) is 0.330. The van der Waals surface area contributed by atoms with Gasteiger partial charge < -0.3 is 10.1 Å². The van der Waals surface area contributed by atoms with Crippen LogP contribution in [-0.2, 0) is 14.8 Å². The molecule has 0 heterocycles. The van der Waals surface area contributed by atoms with Crippen molar-refractivity contribution >= 4 is 21.6 Å². The van der Waals surface area contributed by atoms with Crippen LogP contribution in [0.5, 0.6) is 5.75 Å². The highest BCUT2D eigenvalue weighted by Gasteiger charge is 2.16. The molecule has 2 aromatic carbocycles. The summed E-state index contributed by atoms with van der Waals surface area (Å²) < 4.78 is 45.3. The molecule has 0 unspecified atom stereocenters. The Balaban J connectivity index is 1.92. The number of sulfonamides is 1. The molecule has 0 fully saturated rings. The third-order valence-electron chi connectivity index (χ3n) is 3.58. The minimum Gasteiger partial charge on any atom is -0.484 e. The highest BCUT2D eigenvalue weighted by Crippen LogP contribution is 2.17. The number of halogens is 1. The summed E-state index contributed by atoms with van der Waals surface area (Å²) in [6.45, 7) is 3.39. The zero-order valence-corrected chi connectivity index (χ0v) is 15.3. The molecule has 1 amide bonds. The van der Waals surface area contributed by atoms with E-state index < -0.39 is 21.7 Å². The number of amides is 1. The van der Waals surface area contributed by atoms with Gasteiger partial charge in [-0.15, -0.1) is 0 Å². The number of nitrogens with one attached hydrogen (secondary N) is 2. The van der Waals surface area contributed by atoms with Crippen molar-refractivity contribution in [1.29, 1.82) is 0 Å². The Hall–Kier alpha value is -2.45. The van der Waals surface area contributed by atoms with Crippen LogP contribution in [0.1, 0.15) is 20.3 Å². The van der Waals surface area contributed by atoms with Gasteiger partial charge in [0.15, 0.2) is 6.61 Å². The first-order valence-electron chi connectivity index (χ1n) is 8.11. The van der Waals surface area contributed by atoms with Crippen molar-refractivity contribution < 1.29 is 22.3 Å². The fourth-order valence-corrected chi connectivity index (χ4v) is 3.37. The Morgan fingerprint density at radius 2 is 1.88 bits per heavy atom. The minimum absolute atomic E-state index is 0.120. The SMILES string of the molecule is CC[C@H](C)NS(=O)(=O)c1ccc(OCC(=O)Nc2cccc(F)c2)cc1.